The van der Waals surface area contributed by atoms with Gasteiger partial charge in [-0.15, -0.1) is 0 Å². The Kier molecular flexibility index (Phi) is 4.23. The lowest BCUT2D eigenvalue weighted by atomic mass is 10.1. The molecule has 0 unspecified atom stereocenters. The maximum Gasteiger partial charge on any atom is 0.224 e. The molecule has 1 amide bonds. The number of rotatable bonds is 4. The van der Waals surface area contributed by atoms with Crippen LogP contribution in [0.5, 0.6) is 11.5 Å². The average molecular weight is 301 g/mol. The molecule has 2 aromatic rings. The quantitative estimate of drug-likeness (QED) is 0.943. The molecule has 22 heavy (non-hydrogen) atoms. The van der Waals surface area contributed by atoms with E-state index in [0.29, 0.717) is 30.2 Å². The lowest BCUT2D eigenvalue weighted by Gasteiger charge is -2.26. The fourth-order valence-electron chi connectivity index (χ4n) is 2.29. The summed E-state index contributed by atoms with van der Waals surface area (Å²) in [5.41, 5.74) is 0.642. The summed E-state index contributed by atoms with van der Waals surface area (Å²) < 4.78 is 24.4. The maximum atomic E-state index is 13.1. The highest BCUT2D eigenvalue weighted by molar-refractivity contribution is 5.78. The Balaban J connectivity index is 1.50. The van der Waals surface area contributed by atoms with Gasteiger partial charge in [-0.3, -0.25) is 4.79 Å². The first-order valence-corrected chi connectivity index (χ1v) is 7.10. The van der Waals surface area contributed by atoms with Crippen LogP contribution >= 0.6 is 0 Å². The molecule has 0 aromatic heterocycles. The van der Waals surface area contributed by atoms with E-state index in [4.69, 9.17) is 9.47 Å². The number of fused-ring (bicyclic) bond motifs is 1. The van der Waals surface area contributed by atoms with Gasteiger partial charge in [-0.1, -0.05) is 24.3 Å². The van der Waals surface area contributed by atoms with Crippen molar-refractivity contribution in [2.45, 2.75) is 12.5 Å². The van der Waals surface area contributed by atoms with Gasteiger partial charge in [0.1, 0.15) is 18.5 Å². The van der Waals surface area contributed by atoms with Gasteiger partial charge >= 0.3 is 0 Å². The second-order valence-corrected chi connectivity index (χ2v) is 5.11. The summed E-state index contributed by atoms with van der Waals surface area (Å²) in [7, 11) is 0. The number of para-hydroxylation sites is 2. The number of nitrogens with one attached hydrogen (secondary N) is 1. The lowest BCUT2D eigenvalue weighted by molar-refractivity contribution is -0.120. The van der Waals surface area contributed by atoms with Crippen LogP contribution in [0.3, 0.4) is 0 Å². The molecule has 3 rings (SSSR count). The zero-order chi connectivity index (χ0) is 15.4. The molecular formula is C17H16FNO3. The molecule has 4 nitrogen and oxygen atoms in total. The maximum absolute atomic E-state index is 13.1. The molecule has 0 saturated heterocycles. The largest absolute Gasteiger partial charge is 0.486 e. The molecule has 5 heteroatoms. The minimum Gasteiger partial charge on any atom is -0.486 e. The summed E-state index contributed by atoms with van der Waals surface area (Å²) in [6.45, 7) is 0.736. The van der Waals surface area contributed by atoms with E-state index in [2.05, 4.69) is 5.32 Å². The van der Waals surface area contributed by atoms with Crippen LogP contribution in [0.4, 0.5) is 4.39 Å². The molecule has 0 radical (unpaired) electrons. The Morgan fingerprint density at radius 1 is 1.18 bits per heavy atom. The summed E-state index contributed by atoms with van der Waals surface area (Å²) in [5.74, 6) is 0.877. The molecule has 0 saturated carbocycles. The summed E-state index contributed by atoms with van der Waals surface area (Å²) in [4.78, 5) is 11.9. The van der Waals surface area contributed by atoms with E-state index < -0.39 is 0 Å². The van der Waals surface area contributed by atoms with Crippen molar-refractivity contribution < 1.29 is 18.7 Å². The van der Waals surface area contributed by atoms with Crippen LogP contribution in [-0.2, 0) is 11.2 Å². The number of hydrogen-bond donors (Lipinski definition) is 1. The van der Waals surface area contributed by atoms with Crippen molar-refractivity contribution in [3.63, 3.8) is 0 Å². The molecule has 1 aliphatic heterocycles. The Hall–Kier alpha value is -2.56. The van der Waals surface area contributed by atoms with Crippen molar-refractivity contribution in [3.8, 4) is 11.5 Å². The van der Waals surface area contributed by atoms with E-state index >= 15 is 0 Å². The minimum absolute atomic E-state index is 0.141. The highest BCUT2D eigenvalue weighted by Gasteiger charge is 2.20. The van der Waals surface area contributed by atoms with E-state index in [9.17, 15) is 9.18 Å². The van der Waals surface area contributed by atoms with Crippen LogP contribution in [0.25, 0.3) is 0 Å². The van der Waals surface area contributed by atoms with Crippen molar-refractivity contribution in [1.29, 1.82) is 0 Å². The zero-order valence-electron chi connectivity index (χ0n) is 11.9. The van der Waals surface area contributed by atoms with Gasteiger partial charge in [0, 0.05) is 0 Å². The van der Waals surface area contributed by atoms with E-state index in [0.717, 1.165) is 0 Å². The second kappa shape index (κ2) is 6.47. The predicted octanol–water partition coefficient (Wildman–Crippen LogP) is 2.32. The molecule has 1 atom stereocenters. The molecule has 0 spiro atoms. The third-order valence-electron chi connectivity index (χ3n) is 3.35. The molecule has 2 aromatic carbocycles. The summed E-state index contributed by atoms with van der Waals surface area (Å²) in [6, 6.07) is 13.4. The smallest absolute Gasteiger partial charge is 0.224 e. The molecule has 1 aliphatic rings. The number of amides is 1. The second-order valence-electron chi connectivity index (χ2n) is 5.11. The van der Waals surface area contributed by atoms with Crippen molar-refractivity contribution in [2.75, 3.05) is 13.2 Å². The lowest BCUT2D eigenvalue weighted by Crippen LogP contribution is -2.41. The van der Waals surface area contributed by atoms with Crippen LogP contribution in [0.2, 0.25) is 0 Å². The number of carbonyl (C=O) groups excluding carboxylic acids is 1. The van der Waals surface area contributed by atoms with Gasteiger partial charge < -0.3 is 14.8 Å². The monoisotopic (exact) mass is 301 g/mol. The number of halogens is 1. The van der Waals surface area contributed by atoms with E-state index in [-0.39, 0.29) is 24.2 Å². The first-order valence-electron chi connectivity index (χ1n) is 7.10. The number of hydrogen-bond acceptors (Lipinski definition) is 3. The van der Waals surface area contributed by atoms with Crippen molar-refractivity contribution in [1.82, 2.24) is 5.32 Å². The summed E-state index contributed by atoms with van der Waals surface area (Å²) in [5, 5.41) is 2.78. The third kappa shape index (κ3) is 3.55. The number of carbonyl (C=O) groups is 1. The summed E-state index contributed by atoms with van der Waals surface area (Å²) in [6.07, 6.45) is -0.0894. The van der Waals surface area contributed by atoms with Crippen molar-refractivity contribution in [3.05, 3.63) is 59.9 Å². The van der Waals surface area contributed by atoms with Crippen LogP contribution in [0, 0.1) is 5.82 Å². The van der Waals surface area contributed by atoms with Gasteiger partial charge in [-0.05, 0) is 29.8 Å². The predicted molar refractivity (Wildman–Crippen MR) is 79.5 cm³/mol. The molecule has 0 bridgehead atoms. The van der Waals surface area contributed by atoms with Crippen LogP contribution in [-0.4, -0.2) is 25.2 Å². The van der Waals surface area contributed by atoms with Crippen LogP contribution < -0.4 is 14.8 Å². The normalized spacial score (nSPS) is 16.1. The topological polar surface area (TPSA) is 47.6 Å². The first kappa shape index (κ1) is 14.4. The molecule has 1 heterocycles. The highest BCUT2D eigenvalue weighted by atomic mass is 19.1. The van der Waals surface area contributed by atoms with Gasteiger partial charge in [-0.25, -0.2) is 4.39 Å². The average Bonchev–Trinajstić information content (AvgIpc) is 2.53. The number of benzene rings is 2. The zero-order valence-corrected chi connectivity index (χ0v) is 11.9. The molecule has 114 valence electrons. The molecule has 1 N–H and O–H groups in total. The minimum atomic E-state index is -0.342. The van der Waals surface area contributed by atoms with Gasteiger partial charge in [-0.2, -0.15) is 0 Å². The van der Waals surface area contributed by atoms with Gasteiger partial charge in [0.2, 0.25) is 5.91 Å². The van der Waals surface area contributed by atoms with Crippen LogP contribution in [0.15, 0.2) is 48.5 Å². The Morgan fingerprint density at radius 2 is 2.00 bits per heavy atom. The molecule has 0 aliphatic carbocycles. The standard InChI is InChI=1S/C17H16FNO3/c18-13-5-3-4-12(8-13)9-17(20)19-10-14-11-21-15-6-1-2-7-16(15)22-14/h1-8,14H,9-11H2,(H,19,20)/t14-/m0/s1. The van der Waals surface area contributed by atoms with Gasteiger partial charge in [0.15, 0.2) is 11.5 Å². The molecule has 0 fully saturated rings. The highest BCUT2D eigenvalue weighted by Crippen LogP contribution is 2.30. The van der Waals surface area contributed by atoms with Gasteiger partial charge in [0.25, 0.3) is 0 Å². The van der Waals surface area contributed by atoms with Crippen molar-refractivity contribution >= 4 is 5.91 Å². The van der Waals surface area contributed by atoms with E-state index in [1.54, 1.807) is 12.1 Å². The number of ether oxygens (including phenoxy) is 2. The van der Waals surface area contributed by atoms with E-state index in [1.807, 2.05) is 24.3 Å². The summed E-state index contributed by atoms with van der Waals surface area (Å²) >= 11 is 0. The Bertz CT molecular complexity index is 674. The Labute approximate surface area is 127 Å². The molecular weight excluding hydrogens is 285 g/mol. The fourth-order valence-corrected chi connectivity index (χ4v) is 2.29. The first-order chi connectivity index (χ1) is 10.7. The van der Waals surface area contributed by atoms with E-state index in [1.165, 1.54) is 12.1 Å². The fraction of sp³-hybridized carbons (Fsp3) is 0.235. The van der Waals surface area contributed by atoms with Gasteiger partial charge in [0.05, 0.1) is 13.0 Å². The Morgan fingerprint density at radius 3 is 2.82 bits per heavy atom. The van der Waals surface area contributed by atoms with Crippen LogP contribution in [0.1, 0.15) is 5.56 Å². The SMILES string of the molecule is O=C(Cc1cccc(F)c1)NC[C@H]1COc2ccccc2O1. The van der Waals surface area contributed by atoms with Crippen molar-refractivity contribution in [2.24, 2.45) is 0 Å². The third-order valence-corrected chi connectivity index (χ3v) is 3.35.